The first-order chi connectivity index (χ1) is 12.2. The van der Waals surface area contributed by atoms with Gasteiger partial charge in [-0.25, -0.2) is 4.79 Å². The maximum Gasteiger partial charge on any atom is 0.317 e. The Morgan fingerprint density at radius 1 is 1.36 bits per heavy atom. The van der Waals surface area contributed by atoms with Gasteiger partial charge in [0.2, 0.25) is 0 Å². The van der Waals surface area contributed by atoms with Crippen LogP contribution in [0, 0.1) is 0 Å². The van der Waals surface area contributed by atoms with E-state index in [9.17, 15) is 4.79 Å². The summed E-state index contributed by atoms with van der Waals surface area (Å²) in [6.07, 6.45) is 6.22. The van der Waals surface area contributed by atoms with Gasteiger partial charge in [-0.15, -0.1) is 0 Å². The van der Waals surface area contributed by atoms with Crippen molar-refractivity contribution in [3.05, 3.63) is 30.1 Å². The Labute approximate surface area is 150 Å². The third-order valence-electron chi connectivity index (χ3n) is 5.14. The molecule has 25 heavy (non-hydrogen) atoms. The van der Waals surface area contributed by atoms with Crippen LogP contribution in [-0.4, -0.2) is 65.7 Å². The Hall–Kier alpha value is -1.66. The monoisotopic (exact) mass is 346 g/mol. The van der Waals surface area contributed by atoms with Crippen LogP contribution < -0.4 is 5.32 Å². The van der Waals surface area contributed by atoms with Gasteiger partial charge in [-0.05, 0) is 44.7 Å². The van der Waals surface area contributed by atoms with Crippen LogP contribution in [0.4, 0.5) is 4.79 Å². The summed E-state index contributed by atoms with van der Waals surface area (Å²) in [5, 5.41) is 3.22. The number of likely N-dealkylation sites (tertiary alicyclic amines) is 1. The normalized spacial score (nSPS) is 22.0. The maximum atomic E-state index is 12.5. The van der Waals surface area contributed by atoms with E-state index in [0.717, 1.165) is 64.2 Å². The van der Waals surface area contributed by atoms with Crippen molar-refractivity contribution in [2.24, 2.45) is 0 Å². The van der Waals surface area contributed by atoms with Crippen LogP contribution in [0.15, 0.2) is 24.4 Å². The Balaban J connectivity index is 1.40. The van der Waals surface area contributed by atoms with Gasteiger partial charge >= 0.3 is 6.03 Å². The molecule has 2 amide bonds. The zero-order valence-electron chi connectivity index (χ0n) is 15.2. The number of nitrogens with zero attached hydrogens (tertiary/aromatic N) is 3. The van der Waals surface area contributed by atoms with Crippen LogP contribution in [0.2, 0.25) is 0 Å². The highest BCUT2D eigenvalue weighted by atomic mass is 16.5. The molecule has 3 rings (SSSR count). The van der Waals surface area contributed by atoms with E-state index >= 15 is 0 Å². The van der Waals surface area contributed by atoms with Crippen molar-refractivity contribution in [3.63, 3.8) is 0 Å². The van der Waals surface area contributed by atoms with E-state index in [1.54, 1.807) is 0 Å². The molecule has 1 aromatic rings. The molecule has 138 valence electrons. The van der Waals surface area contributed by atoms with Gasteiger partial charge in [-0.2, -0.15) is 0 Å². The highest BCUT2D eigenvalue weighted by molar-refractivity contribution is 5.74. The number of pyridine rings is 1. The Kier molecular flexibility index (Phi) is 6.64. The second-order valence-corrected chi connectivity index (χ2v) is 6.99. The number of nitrogens with one attached hydrogen (secondary N) is 1. The maximum absolute atomic E-state index is 12.5. The number of rotatable bonds is 6. The first-order valence-corrected chi connectivity index (χ1v) is 9.54. The fraction of sp³-hybridized carbons (Fsp3) is 0.684. The quantitative estimate of drug-likeness (QED) is 0.858. The molecule has 0 bridgehead atoms. The Morgan fingerprint density at radius 2 is 2.20 bits per heavy atom. The zero-order chi connectivity index (χ0) is 17.5. The molecule has 0 radical (unpaired) electrons. The molecule has 0 unspecified atom stereocenters. The van der Waals surface area contributed by atoms with E-state index in [1.165, 1.54) is 0 Å². The van der Waals surface area contributed by atoms with Crippen LogP contribution >= 0.6 is 0 Å². The molecule has 6 nitrogen and oxygen atoms in total. The van der Waals surface area contributed by atoms with E-state index < -0.39 is 0 Å². The smallest absolute Gasteiger partial charge is 0.317 e. The molecule has 2 saturated heterocycles. The Bertz CT molecular complexity index is 525. The number of amides is 2. The van der Waals surface area contributed by atoms with Gasteiger partial charge < -0.3 is 15.0 Å². The van der Waals surface area contributed by atoms with E-state index in [4.69, 9.17) is 4.74 Å². The lowest BCUT2D eigenvalue weighted by Gasteiger charge is -2.33. The van der Waals surface area contributed by atoms with Crippen molar-refractivity contribution in [3.8, 4) is 0 Å². The topological polar surface area (TPSA) is 57.7 Å². The molecule has 0 aromatic carbocycles. The molecule has 0 spiro atoms. The number of hydrogen-bond donors (Lipinski definition) is 1. The summed E-state index contributed by atoms with van der Waals surface area (Å²) in [6, 6.07) is 6.37. The van der Waals surface area contributed by atoms with Crippen LogP contribution in [0.25, 0.3) is 0 Å². The molecule has 0 aliphatic carbocycles. The third-order valence-corrected chi connectivity index (χ3v) is 5.14. The van der Waals surface area contributed by atoms with Crippen molar-refractivity contribution < 1.29 is 9.53 Å². The van der Waals surface area contributed by atoms with Gasteiger partial charge in [0.05, 0.1) is 11.8 Å². The molecule has 1 N–H and O–H groups in total. The number of carbonyl (C=O) groups excluding carboxylic acids is 1. The number of ether oxygens (including phenoxy) is 1. The van der Waals surface area contributed by atoms with Crippen molar-refractivity contribution in [2.75, 3.05) is 32.8 Å². The van der Waals surface area contributed by atoms with Crippen LogP contribution in [0.1, 0.15) is 38.3 Å². The van der Waals surface area contributed by atoms with Gasteiger partial charge in [-0.1, -0.05) is 6.07 Å². The SMILES string of the molecule is CCN(C[C@@H]1CCCO1)C(=O)NC1CCN(Cc2ccccn2)CC1. The predicted molar refractivity (Wildman–Crippen MR) is 97.3 cm³/mol. The van der Waals surface area contributed by atoms with Crippen molar-refractivity contribution in [1.82, 2.24) is 20.1 Å². The van der Waals surface area contributed by atoms with Crippen LogP contribution in [0.5, 0.6) is 0 Å². The first kappa shape index (κ1) is 18.1. The number of likely N-dealkylation sites (N-methyl/N-ethyl adjacent to an activating group) is 1. The summed E-state index contributed by atoms with van der Waals surface area (Å²) in [6.45, 7) is 7.19. The summed E-state index contributed by atoms with van der Waals surface area (Å²) < 4.78 is 5.66. The minimum atomic E-state index is 0.0566. The number of aromatic nitrogens is 1. The van der Waals surface area contributed by atoms with Gasteiger partial charge in [-0.3, -0.25) is 9.88 Å². The minimum Gasteiger partial charge on any atom is -0.376 e. The molecule has 2 aliphatic rings. The standard InChI is InChI=1S/C19H30N4O2/c1-2-23(15-18-7-5-13-25-18)19(24)21-16-8-11-22(12-9-16)14-17-6-3-4-10-20-17/h3-4,6,10,16,18H,2,5,7-9,11-15H2,1H3,(H,21,24)/t18-/m0/s1. The molecular formula is C19H30N4O2. The highest BCUT2D eigenvalue weighted by Gasteiger charge is 2.25. The molecule has 1 aromatic heterocycles. The van der Waals surface area contributed by atoms with E-state index in [1.807, 2.05) is 30.2 Å². The number of piperidine rings is 1. The average molecular weight is 346 g/mol. The van der Waals surface area contributed by atoms with Gasteiger partial charge in [0.1, 0.15) is 0 Å². The third kappa shape index (κ3) is 5.41. The summed E-state index contributed by atoms with van der Waals surface area (Å²) in [5.41, 5.74) is 1.11. The molecular weight excluding hydrogens is 316 g/mol. The average Bonchev–Trinajstić information content (AvgIpc) is 3.15. The fourth-order valence-corrected chi connectivity index (χ4v) is 3.61. The zero-order valence-corrected chi connectivity index (χ0v) is 15.2. The number of hydrogen-bond acceptors (Lipinski definition) is 4. The molecule has 6 heteroatoms. The van der Waals surface area contributed by atoms with E-state index in [0.29, 0.717) is 6.54 Å². The predicted octanol–water partition coefficient (Wildman–Crippen LogP) is 2.26. The molecule has 2 fully saturated rings. The lowest BCUT2D eigenvalue weighted by atomic mass is 10.0. The second kappa shape index (κ2) is 9.15. The van der Waals surface area contributed by atoms with Gasteiger partial charge in [0.25, 0.3) is 0 Å². The summed E-state index contributed by atoms with van der Waals surface area (Å²) in [5.74, 6) is 0. The molecule has 1 atom stereocenters. The van der Waals surface area contributed by atoms with E-state index in [-0.39, 0.29) is 18.2 Å². The molecule has 3 heterocycles. The van der Waals surface area contributed by atoms with E-state index in [2.05, 4.69) is 21.3 Å². The molecule has 0 saturated carbocycles. The minimum absolute atomic E-state index is 0.0566. The first-order valence-electron chi connectivity index (χ1n) is 9.54. The lowest BCUT2D eigenvalue weighted by Crippen LogP contribution is -2.50. The van der Waals surface area contributed by atoms with Crippen molar-refractivity contribution in [1.29, 1.82) is 0 Å². The fourth-order valence-electron chi connectivity index (χ4n) is 3.61. The second-order valence-electron chi connectivity index (χ2n) is 6.99. The van der Waals surface area contributed by atoms with Crippen LogP contribution in [0.3, 0.4) is 0 Å². The summed E-state index contributed by atoms with van der Waals surface area (Å²) >= 11 is 0. The summed E-state index contributed by atoms with van der Waals surface area (Å²) in [4.78, 5) is 21.2. The summed E-state index contributed by atoms with van der Waals surface area (Å²) in [7, 11) is 0. The van der Waals surface area contributed by atoms with Gasteiger partial charge in [0.15, 0.2) is 0 Å². The van der Waals surface area contributed by atoms with Crippen LogP contribution in [-0.2, 0) is 11.3 Å². The number of urea groups is 1. The van der Waals surface area contributed by atoms with Gasteiger partial charge in [0, 0.05) is 51.6 Å². The highest BCUT2D eigenvalue weighted by Crippen LogP contribution is 2.15. The Morgan fingerprint density at radius 3 is 2.84 bits per heavy atom. The number of carbonyl (C=O) groups is 1. The molecule has 2 aliphatic heterocycles. The largest absolute Gasteiger partial charge is 0.376 e. The van der Waals surface area contributed by atoms with Crippen molar-refractivity contribution >= 4 is 6.03 Å². The lowest BCUT2D eigenvalue weighted by molar-refractivity contribution is 0.0812. The van der Waals surface area contributed by atoms with Crippen molar-refractivity contribution in [2.45, 2.75) is 51.3 Å².